The van der Waals surface area contributed by atoms with Gasteiger partial charge in [-0.1, -0.05) is 13.0 Å². The van der Waals surface area contributed by atoms with E-state index in [1.807, 2.05) is 0 Å². The first-order valence-corrected chi connectivity index (χ1v) is 11.2. The van der Waals surface area contributed by atoms with Crippen molar-refractivity contribution in [2.75, 3.05) is 39.3 Å². The molecule has 154 valence electrons. The van der Waals surface area contributed by atoms with Crippen LogP contribution in [0.3, 0.4) is 0 Å². The Morgan fingerprint density at radius 3 is 2.68 bits per heavy atom. The van der Waals surface area contributed by atoms with E-state index in [2.05, 4.69) is 22.5 Å². The van der Waals surface area contributed by atoms with Crippen molar-refractivity contribution in [3.8, 4) is 0 Å². The molecular weight excluding hydrogens is 380 g/mol. The Labute approximate surface area is 166 Å². The molecule has 3 rings (SSSR count). The number of nitrogens with one attached hydrogen (secondary N) is 2. The van der Waals surface area contributed by atoms with Crippen LogP contribution < -0.4 is 10.6 Å². The fourth-order valence-electron chi connectivity index (χ4n) is 3.65. The highest BCUT2D eigenvalue weighted by Crippen LogP contribution is 2.18. The van der Waals surface area contributed by atoms with Gasteiger partial charge >= 0.3 is 0 Å². The van der Waals surface area contributed by atoms with Gasteiger partial charge in [0.25, 0.3) is 5.91 Å². The lowest BCUT2D eigenvalue weighted by Gasteiger charge is -2.32. The summed E-state index contributed by atoms with van der Waals surface area (Å²) >= 11 is 0. The number of carbonyl (C=O) groups is 2. The van der Waals surface area contributed by atoms with Crippen molar-refractivity contribution >= 4 is 21.8 Å². The van der Waals surface area contributed by atoms with Gasteiger partial charge in [0.1, 0.15) is 0 Å². The van der Waals surface area contributed by atoms with E-state index >= 15 is 0 Å². The van der Waals surface area contributed by atoms with Crippen molar-refractivity contribution in [2.24, 2.45) is 0 Å². The summed E-state index contributed by atoms with van der Waals surface area (Å²) in [4.78, 5) is 26.6. The molecule has 1 aromatic carbocycles. The zero-order valence-electron chi connectivity index (χ0n) is 16.2. The zero-order valence-corrected chi connectivity index (χ0v) is 17.0. The number of piperidine rings is 1. The van der Waals surface area contributed by atoms with Crippen molar-refractivity contribution in [3.05, 3.63) is 29.8 Å². The third-order valence-electron chi connectivity index (χ3n) is 5.20. The molecule has 9 heteroatoms. The van der Waals surface area contributed by atoms with Crippen LogP contribution in [0.15, 0.2) is 29.2 Å². The summed E-state index contributed by atoms with van der Waals surface area (Å²) in [6.45, 7) is 5.47. The van der Waals surface area contributed by atoms with Crippen molar-refractivity contribution in [1.29, 1.82) is 0 Å². The minimum Gasteiger partial charge on any atom is -0.354 e. The number of likely N-dealkylation sites (tertiary alicyclic amines) is 1. The average Bonchev–Trinajstić information content (AvgIpc) is 2.70. The molecule has 0 saturated carbocycles. The number of rotatable bonds is 6. The van der Waals surface area contributed by atoms with Gasteiger partial charge in [0, 0.05) is 37.8 Å². The van der Waals surface area contributed by atoms with Gasteiger partial charge in [-0.05, 0) is 44.0 Å². The number of sulfonamides is 1. The summed E-state index contributed by atoms with van der Waals surface area (Å²) in [6, 6.07) is 6.14. The number of benzene rings is 1. The SMILES string of the molecule is CCCN1CCC(NC(=O)c2cccc(S(=O)(=O)N3CCNC(=O)C3)c2)CC1. The van der Waals surface area contributed by atoms with Crippen molar-refractivity contribution in [2.45, 2.75) is 37.1 Å². The lowest BCUT2D eigenvalue weighted by molar-refractivity contribution is -0.122. The van der Waals surface area contributed by atoms with E-state index in [0.29, 0.717) is 5.56 Å². The predicted molar refractivity (Wildman–Crippen MR) is 105 cm³/mol. The number of piperazine rings is 1. The van der Waals surface area contributed by atoms with Gasteiger partial charge in [0.15, 0.2) is 0 Å². The van der Waals surface area contributed by atoms with Gasteiger partial charge in [-0.2, -0.15) is 4.31 Å². The Kier molecular flexibility index (Phi) is 6.69. The van der Waals surface area contributed by atoms with Gasteiger partial charge in [0.05, 0.1) is 11.4 Å². The maximum absolute atomic E-state index is 12.8. The summed E-state index contributed by atoms with van der Waals surface area (Å²) in [5.74, 6) is -0.583. The number of carbonyl (C=O) groups excluding carboxylic acids is 2. The van der Waals surface area contributed by atoms with Crippen molar-refractivity contribution in [3.63, 3.8) is 0 Å². The van der Waals surface area contributed by atoms with E-state index in [1.165, 1.54) is 12.1 Å². The standard InChI is InChI=1S/C19H28N4O4S/c1-2-9-22-10-6-16(7-11-22)21-19(25)15-4-3-5-17(13-15)28(26,27)23-12-8-20-18(24)14-23/h3-5,13,16H,2,6-12,14H2,1H3,(H,20,24)(H,21,25). The topological polar surface area (TPSA) is 98.8 Å². The molecule has 0 atom stereocenters. The molecule has 2 fully saturated rings. The molecule has 2 saturated heterocycles. The number of nitrogens with zero attached hydrogens (tertiary/aromatic N) is 2. The quantitative estimate of drug-likeness (QED) is 0.710. The molecule has 1 aromatic rings. The van der Waals surface area contributed by atoms with Crippen LogP contribution in [0, 0.1) is 0 Å². The first kappa shape index (κ1) is 20.8. The van der Waals surface area contributed by atoms with Crippen LogP contribution in [0.2, 0.25) is 0 Å². The van der Waals surface area contributed by atoms with E-state index < -0.39 is 10.0 Å². The molecular formula is C19H28N4O4S. The predicted octanol–water partition coefficient (Wildman–Crippen LogP) is 0.411. The van der Waals surface area contributed by atoms with Gasteiger partial charge < -0.3 is 15.5 Å². The summed E-state index contributed by atoms with van der Waals surface area (Å²) in [5, 5.41) is 5.63. The number of hydrogen-bond acceptors (Lipinski definition) is 5. The van der Waals surface area contributed by atoms with Crippen LogP contribution in [-0.4, -0.2) is 74.7 Å². The lowest BCUT2D eigenvalue weighted by Crippen LogP contribution is -2.49. The second kappa shape index (κ2) is 9.02. The highest BCUT2D eigenvalue weighted by atomic mass is 32.2. The van der Waals surface area contributed by atoms with Gasteiger partial charge in [-0.15, -0.1) is 0 Å². The first-order chi connectivity index (χ1) is 13.4. The Morgan fingerprint density at radius 1 is 1.25 bits per heavy atom. The molecule has 8 nitrogen and oxygen atoms in total. The highest BCUT2D eigenvalue weighted by molar-refractivity contribution is 7.89. The lowest BCUT2D eigenvalue weighted by atomic mass is 10.0. The minimum atomic E-state index is -3.81. The zero-order chi connectivity index (χ0) is 20.1. The third kappa shape index (κ3) is 4.89. The summed E-state index contributed by atoms with van der Waals surface area (Å²) in [6.07, 6.45) is 2.91. The van der Waals surface area contributed by atoms with Crippen LogP contribution in [0.25, 0.3) is 0 Å². The second-order valence-electron chi connectivity index (χ2n) is 7.31. The van der Waals surface area contributed by atoms with E-state index in [-0.39, 0.29) is 42.4 Å². The minimum absolute atomic E-state index is 0.0348. The summed E-state index contributed by atoms with van der Waals surface area (Å²) in [5.41, 5.74) is 0.318. The van der Waals surface area contributed by atoms with Crippen LogP contribution in [-0.2, 0) is 14.8 Å². The molecule has 2 amide bonds. The Bertz CT molecular complexity index is 819. The summed E-state index contributed by atoms with van der Waals surface area (Å²) in [7, 11) is -3.81. The maximum Gasteiger partial charge on any atom is 0.251 e. The van der Waals surface area contributed by atoms with Crippen LogP contribution in [0.5, 0.6) is 0 Å². The second-order valence-corrected chi connectivity index (χ2v) is 9.24. The van der Waals surface area contributed by atoms with Crippen LogP contribution in [0.1, 0.15) is 36.5 Å². The molecule has 28 heavy (non-hydrogen) atoms. The van der Waals surface area contributed by atoms with E-state index in [9.17, 15) is 18.0 Å². The first-order valence-electron chi connectivity index (χ1n) is 9.80. The van der Waals surface area contributed by atoms with Gasteiger partial charge in [-0.25, -0.2) is 8.42 Å². The molecule has 0 aliphatic carbocycles. The smallest absolute Gasteiger partial charge is 0.251 e. The molecule has 2 heterocycles. The van der Waals surface area contributed by atoms with E-state index in [0.717, 1.165) is 43.2 Å². The largest absolute Gasteiger partial charge is 0.354 e. The van der Waals surface area contributed by atoms with Gasteiger partial charge in [-0.3, -0.25) is 9.59 Å². The number of hydrogen-bond donors (Lipinski definition) is 2. The third-order valence-corrected chi connectivity index (χ3v) is 7.04. The summed E-state index contributed by atoms with van der Waals surface area (Å²) < 4.78 is 26.8. The molecule has 0 aromatic heterocycles. The average molecular weight is 409 g/mol. The van der Waals surface area contributed by atoms with E-state index in [4.69, 9.17) is 0 Å². The van der Waals surface area contributed by atoms with Crippen molar-refractivity contribution < 1.29 is 18.0 Å². The molecule has 0 unspecified atom stereocenters. The molecule has 0 bridgehead atoms. The van der Waals surface area contributed by atoms with Gasteiger partial charge in [0.2, 0.25) is 15.9 Å². The Morgan fingerprint density at radius 2 is 2.00 bits per heavy atom. The normalized spacial score (nSPS) is 20.0. The Hall–Kier alpha value is -1.97. The molecule has 2 aliphatic heterocycles. The monoisotopic (exact) mass is 408 g/mol. The maximum atomic E-state index is 12.8. The number of amides is 2. The fourth-order valence-corrected chi connectivity index (χ4v) is 5.10. The van der Waals surface area contributed by atoms with Crippen molar-refractivity contribution in [1.82, 2.24) is 19.8 Å². The Balaban J connectivity index is 1.66. The van der Waals surface area contributed by atoms with Crippen LogP contribution in [0.4, 0.5) is 0 Å². The molecule has 2 aliphatic rings. The molecule has 0 spiro atoms. The van der Waals surface area contributed by atoms with E-state index in [1.54, 1.807) is 12.1 Å². The fraction of sp³-hybridized carbons (Fsp3) is 0.579. The molecule has 0 radical (unpaired) electrons. The highest BCUT2D eigenvalue weighted by Gasteiger charge is 2.29. The molecule has 2 N–H and O–H groups in total. The van der Waals surface area contributed by atoms with Crippen LogP contribution >= 0.6 is 0 Å².